The fourth-order valence-corrected chi connectivity index (χ4v) is 2.88. The van der Waals surface area contributed by atoms with Crippen molar-refractivity contribution in [3.05, 3.63) is 71.8 Å². The van der Waals surface area contributed by atoms with Gasteiger partial charge in [-0.2, -0.15) is 0 Å². The first kappa shape index (κ1) is 14.8. The average molecular weight is 294 g/mol. The summed E-state index contributed by atoms with van der Waals surface area (Å²) in [6.07, 6.45) is 0.936. The van der Waals surface area contributed by atoms with Gasteiger partial charge in [0.2, 0.25) is 5.91 Å². The minimum absolute atomic E-state index is 0.248. The zero-order valence-electron chi connectivity index (χ0n) is 12.8. The third-order valence-corrected chi connectivity index (χ3v) is 4.16. The van der Waals surface area contributed by atoms with E-state index in [2.05, 4.69) is 41.3 Å². The summed E-state index contributed by atoms with van der Waals surface area (Å²) >= 11 is 0. The fraction of sp³-hybridized carbons (Fsp3) is 0.316. The maximum absolute atomic E-state index is 12.3. The molecular formula is C19H22N2O. The first-order valence-corrected chi connectivity index (χ1v) is 7.89. The third-order valence-electron chi connectivity index (χ3n) is 4.16. The van der Waals surface area contributed by atoms with Crippen LogP contribution < -0.4 is 0 Å². The summed E-state index contributed by atoms with van der Waals surface area (Å²) in [5.74, 6) is 0.248. The van der Waals surface area contributed by atoms with Crippen LogP contribution in [0.15, 0.2) is 60.7 Å². The normalized spacial score (nSPS) is 16.0. The monoisotopic (exact) mass is 294 g/mol. The topological polar surface area (TPSA) is 23.6 Å². The number of piperazine rings is 1. The van der Waals surface area contributed by atoms with Crippen molar-refractivity contribution in [3.63, 3.8) is 0 Å². The standard InChI is InChI=1S/C19H22N2O/c22-19-16-20(15-18-9-5-2-6-10-18)13-14-21(19)12-11-17-7-3-1-4-8-17/h1-10H,11-16H2. The molecule has 3 rings (SSSR count). The van der Waals surface area contributed by atoms with Crippen LogP contribution in [0, 0.1) is 0 Å². The number of amides is 1. The maximum atomic E-state index is 12.3. The molecule has 3 nitrogen and oxygen atoms in total. The Morgan fingerprint density at radius 3 is 2.09 bits per heavy atom. The molecule has 3 heteroatoms. The molecular weight excluding hydrogens is 272 g/mol. The van der Waals surface area contributed by atoms with Crippen LogP contribution in [-0.4, -0.2) is 41.9 Å². The summed E-state index contributed by atoms with van der Waals surface area (Å²) in [5, 5.41) is 0. The highest BCUT2D eigenvalue weighted by Crippen LogP contribution is 2.10. The smallest absolute Gasteiger partial charge is 0.236 e. The Morgan fingerprint density at radius 2 is 1.45 bits per heavy atom. The zero-order chi connectivity index (χ0) is 15.2. The molecule has 0 atom stereocenters. The maximum Gasteiger partial charge on any atom is 0.236 e. The van der Waals surface area contributed by atoms with E-state index >= 15 is 0 Å². The second-order valence-electron chi connectivity index (χ2n) is 5.81. The molecule has 2 aromatic carbocycles. The van der Waals surface area contributed by atoms with Crippen LogP contribution in [0.3, 0.4) is 0 Å². The van der Waals surface area contributed by atoms with Crippen LogP contribution in [-0.2, 0) is 17.8 Å². The van der Waals surface area contributed by atoms with Gasteiger partial charge in [-0.05, 0) is 17.5 Å². The van der Waals surface area contributed by atoms with Crippen molar-refractivity contribution < 1.29 is 4.79 Å². The quantitative estimate of drug-likeness (QED) is 0.846. The number of carbonyl (C=O) groups is 1. The van der Waals surface area contributed by atoms with Crippen molar-refractivity contribution in [1.82, 2.24) is 9.80 Å². The summed E-state index contributed by atoms with van der Waals surface area (Å²) in [6.45, 7) is 4.00. The lowest BCUT2D eigenvalue weighted by atomic mass is 10.1. The van der Waals surface area contributed by atoms with Gasteiger partial charge in [-0.3, -0.25) is 9.69 Å². The molecule has 0 spiro atoms. The van der Waals surface area contributed by atoms with Gasteiger partial charge in [0.05, 0.1) is 6.54 Å². The van der Waals surface area contributed by atoms with Gasteiger partial charge in [0.1, 0.15) is 0 Å². The number of nitrogens with zero attached hydrogens (tertiary/aromatic N) is 2. The van der Waals surface area contributed by atoms with Crippen molar-refractivity contribution in [3.8, 4) is 0 Å². The third kappa shape index (κ3) is 3.95. The van der Waals surface area contributed by atoms with Crippen LogP contribution in [0.25, 0.3) is 0 Å². The van der Waals surface area contributed by atoms with E-state index in [1.807, 2.05) is 29.2 Å². The summed E-state index contributed by atoms with van der Waals surface area (Å²) in [4.78, 5) is 16.5. The molecule has 1 heterocycles. The number of carbonyl (C=O) groups excluding carboxylic acids is 1. The largest absolute Gasteiger partial charge is 0.340 e. The molecule has 0 unspecified atom stereocenters. The molecule has 1 amide bonds. The van der Waals surface area contributed by atoms with Crippen LogP contribution in [0.5, 0.6) is 0 Å². The van der Waals surface area contributed by atoms with E-state index in [1.165, 1.54) is 11.1 Å². The Bertz CT molecular complexity index is 597. The molecule has 22 heavy (non-hydrogen) atoms. The van der Waals surface area contributed by atoms with Crippen molar-refractivity contribution in [1.29, 1.82) is 0 Å². The molecule has 1 saturated heterocycles. The molecule has 0 aromatic heterocycles. The molecule has 0 N–H and O–H groups in total. The summed E-state index contributed by atoms with van der Waals surface area (Å²) < 4.78 is 0. The first-order valence-electron chi connectivity index (χ1n) is 7.89. The van der Waals surface area contributed by atoms with E-state index in [9.17, 15) is 4.79 Å². The molecule has 1 aliphatic heterocycles. The number of hydrogen-bond acceptors (Lipinski definition) is 2. The SMILES string of the molecule is O=C1CN(Cc2ccccc2)CCN1CCc1ccccc1. The predicted octanol–water partition coefficient (Wildman–Crippen LogP) is 2.57. The minimum atomic E-state index is 0.248. The molecule has 0 bridgehead atoms. The molecule has 114 valence electrons. The number of rotatable bonds is 5. The fourth-order valence-electron chi connectivity index (χ4n) is 2.88. The lowest BCUT2D eigenvalue weighted by Crippen LogP contribution is -2.50. The lowest BCUT2D eigenvalue weighted by Gasteiger charge is -2.34. The number of benzene rings is 2. The highest BCUT2D eigenvalue weighted by atomic mass is 16.2. The van der Waals surface area contributed by atoms with Gasteiger partial charge in [0.25, 0.3) is 0 Å². The van der Waals surface area contributed by atoms with Gasteiger partial charge in [0, 0.05) is 26.2 Å². The van der Waals surface area contributed by atoms with Crippen molar-refractivity contribution in [2.75, 3.05) is 26.2 Å². The Kier molecular flexibility index (Phi) is 4.86. The van der Waals surface area contributed by atoms with Crippen molar-refractivity contribution in [2.24, 2.45) is 0 Å². The van der Waals surface area contributed by atoms with E-state index in [1.54, 1.807) is 0 Å². The van der Waals surface area contributed by atoms with Gasteiger partial charge in [0.15, 0.2) is 0 Å². The number of hydrogen-bond donors (Lipinski definition) is 0. The average Bonchev–Trinajstić information content (AvgIpc) is 2.56. The van der Waals surface area contributed by atoms with Crippen LogP contribution >= 0.6 is 0 Å². The van der Waals surface area contributed by atoms with E-state index in [0.29, 0.717) is 6.54 Å². The lowest BCUT2D eigenvalue weighted by molar-refractivity contribution is -0.136. The summed E-state index contributed by atoms with van der Waals surface area (Å²) in [7, 11) is 0. The summed E-state index contributed by atoms with van der Waals surface area (Å²) in [6, 6.07) is 20.7. The highest BCUT2D eigenvalue weighted by molar-refractivity contribution is 5.79. The minimum Gasteiger partial charge on any atom is -0.340 e. The highest BCUT2D eigenvalue weighted by Gasteiger charge is 2.23. The Labute approximate surface area is 132 Å². The van der Waals surface area contributed by atoms with Gasteiger partial charge in [-0.25, -0.2) is 0 Å². The molecule has 2 aromatic rings. The Balaban J connectivity index is 1.49. The molecule has 0 aliphatic carbocycles. The van der Waals surface area contributed by atoms with Crippen LogP contribution in [0.4, 0.5) is 0 Å². The van der Waals surface area contributed by atoms with Gasteiger partial charge < -0.3 is 4.90 Å². The van der Waals surface area contributed by atoms with E-state index < -0.39 is 0 Å². The summed E-state index contributed by atoms with van der Waals surface area (Å²) in [5.41, 5.74) is 2.56. The van der Waals surface area contributed by atoms with Gasteiger partial charge in [-0.15, -0.1) is 0 Å². The van der Waals surface area contributed by atoms with E-state index in [-0.39, 0.29) is 5.91 Å². The van der Waals surface area contributed by atoms with Crippen molar-refractivity contribution >= 4 is 5.91 Å². The van der Waals surface area contributed by atoms with Crippen LogP contribution in [0.2, 0.25) is 0 Å². The van der Waals surface area contributed by atoms with E-state index in [4.69, 9.17) is 0 Å². The van der Waals surface area contributed by atoms with Gasteiger partial charge in [-0.1, -0.05) is 60.7 Å². The second-order valence-corrected chi connectivity index (χ2v) is 5.81. The first-order chi connectivity index (χ1) is 10.8. The Hall–Kier alpha value is -2.13. The van der Waals surface area contributed by atoms with Crippen molar-refractivity contribution in [2.45, 2.75) is 13.0 Å². The molecule has 0 radical (unpaired) electrons. The van der Waals surface area contributed by atoms with Crippen LogP contribution in [0.1, 0.15) is 11.1 Å². The molecule has 0 saturated carbocycles. The second kappa shape index (κ2) is 7.23. The van der Waals surface area contributed by atoms with E-state index in [0.717, 1.165) is 32.6 Å². The molecule has 1 aliphatic rings. The van der Waals surface area contributed by atoms with Gasteiger partial charge >= 0.3 is 0 Å². The Morgan fingerprint density at radius 1 is 0.818 bits per heavy atom. The zero-order valence-corrected chi connectivity index (χ0v) is 12.8. The predicted molar refractivity (Wildman–Crippen MR) is 88.4 cm³/mol. The molecule has 1 fully saturated rings.